The van der Waals surface area contributed by atoms with E-state index in [0.717, 1.165) is 18.4 Å². The van der Waals surface area contributed by atoms with Gasteiger partial charge in [-0.2, -0.15) is 0 Å². The Balaban J connectivity index is 2.00. The van der Waals surface area contributed by atoms with Crippen molar-refractivity contribution in [1.29, 1.82) is 0 Å². The molecule has 4 nitrogen and oxygen atoms in total. The van der Waals surface area contributed by atoms with E-state index in [1.54, 1.807) is 0 Å². The number of hydrogen-bond acceptors (Lipinski definition) is 3. The van der Waals surface area contributed by atoms with Gasteiger partial charge in [0.05, 0.1) is 7.11 Å². The summed E-state index contributed by atoms with van der Waals surface area (Å²) in [7, 11) is 1.34. The second kappa shape index (κ2) is 5.67. The van der Waals surface area contributed by atoms with Crippen LogP contribution in [0.25, 0.3) is 0 Å². The predicted molar refractivity (Wildman–Crippen MR) is 66.8 cm³/mol. The van der Waals surface area contributed by atoms with Crippen LogP contribution in [0.3, 0.4) is 0 Å². The molecule has 1 fully saturated rings. The van der Waals surface area contributed by atoms with Gasteiger partial charge in [-0.1, -0.05) is 30.3 Å². The molecule has 1 aromatic carbocycles. The van der Waals surface area contributed by atoms with Gasteiger partial charge >= 0.3 is 5.97 Å². The summed E-state index contributed by atoms with van der Waals surface area (Å²) in [4.78, 5) is 23.4. The zero-order chi connectivity index (χ0) is 13.0. The monoisotopic (exact) mass is 247 g/mol. The fraction of sp³-hybridized carbons (Fsp3) is 0.429. The third-order valence-corrected chi connectivity index (χ3v) is 3.03. The maximum absolute atomic E-state index is 11.7. The van der Waals surface area contributed by atoms with Crippen LogP contribution in [0.15, 0.2) is 30.3 Å². The van der Waals surface area contributed by atoms with Crippen molar-refractivity contribution in [2.45, 2.75) is 25.3 Å². The number of esters is 1. The van der Waals surface area contributed by atoms with E-state index in [9.17, 15) is 9.59 Å². The summed E-state index contributed by atoms with van der Waals surface area (Å²) < 4.78 is 4.73. The van der Waals surface area contributed by atoms with E-state index >= 15 is 0 Å². The first-order valence-electron chi connectivity index (χ1n) is 6.13. The van der Waals surface area contributed by atoms with E-state index in [4.69, 9.17) is 4.74 Å². The van der Waals surface area contributed by atoms with Crippen LogP contribution in [0.5, 0.6) is 0 Å². The topological polar surface area (TPSA) is 55.4 Å². The molecule has 1 aliphatic carbocycles. The van der Waals surface area contributed by atoms with Crippen LogP contribution in [0, 0.1) is 5.92 Å². The normalized spacial score (nSPS) is 15.8. The van der Waals surface area contributed by atoms with E-state index in [2.05, 4.69) is 5.32 Å². The maximum Gasteiger partial charge on any atom is 0.328 e. The standard InChI is InChI=1S/C14H17NO3/c1-18-14(17)12(15-13(16)11-7-8-11)9-10-5-3-2-4-6-10/h2-6,11-12H,7-9H2,1H3,(H,15,16)/t12-/m0/s1. The summed E-state index contributed by atoms with van der Waals surface area (Å²) in [5.41, 5.74) is 1.00. The van der Waals surface area contributed by atoms with Gasteiger partial charge in [0.2, 0.25) is 5.91 Å². The van der Waals surface area contributed by atoms with Gasteiger partial charge in [-0.25, -0.2) is 4.79 Å². The fourth-order valence-electron chi connectivity index (χ4n) is 1.82. The number of nitrogens with one attached hydrogen (secondary N) is 1. The van der Waals surface area contributed by atoms with Gasteiger partial charge in [0.25, 0.3) is 0 Å². The van der Waals surface area contributed by atoms with Crippen molar-refractivity contribution in [3.63, 3.8) is 0 Å². The van der Waals surface area contributed by atoms with Gasteiger partial charge in [0.15, 0.2) is 0 Å². The highest BCUT2D eigenvalue weighted by Gasteiger charge is 2.32. The molecule has 4 heteroatoms. The van der Waals surface area contributed by atoms with Crippen molar-refractivity contribution in [1.82, 2.24) is 5.32 Å². The molecule has 96 valence electrons. The van der Waals surface area contributed by atoms with E-state index < -0.39 is 12.0 Å². The second-order valence-electron chi connectivity index (χ2n) is 4.55. The van der Waals surface area contributed by atoms with Crippen LogP contribution >= 0.6 is 0 Å². The fourth-order valence-corrected chi connectivity index (χ4v) is 1.82. The summed E-state index contributed by atoms with van der Waals surface area (Å²) in [6, 6.07) is 9.00. The van der Waals surface area contributed by atoms with Crippen molar-refractivity contribution in [2.75, 3.05) is 7.11 Å². The molecule has 1 aliphatic rings. The van der Waals surface area contributed by atoms with Crippen LogP contribution < -0.4 is 5.32 Å². The number of hydrogen-bond donors (Lipinski definition) is 1. The number of rotatable bonds is 5. The summed E-state index contributed by atoms with van der Waals surface area (Å²) in [5, 5.41) is 2.76. The van der Waals surface area contributed by atoms with Crippen molar-refractivity contribution >= 4 is 11.9 Å². The number of carbonyl (C=O) groups is 2. The zero-order valence-electron chi connectivity index (χ0n) is 10.4. The van der Waals surface area contributed by atoms with Gasteiger partial charge < -0.3 is 10.1 Å². The summed E-state index contributed by atoms with van der Waals surface area (Å²) in [6.07, 6.45) is 2.31. The lowest BCUT2D eigenvalue weighted by molar-refractivity contribution is -0.145. The molecule has 1 aromatic rings. The highest BCUT2D eigenvalue weighted by Crippen LogP contribution is 2.29. The molecule has 1 saturated carbocycles. The number of ether oxygens (including phenoxy) is 1. The van der Waals surface area contributed by atoms with Gasteiger partial charge in [-0.3, -0.25) is 4.79 Å². The van der Waals surface area contributed by atoms with Crippen LogP contribution in [-0.4, -0.2) is 25.0 Å². The van der Waals surface area contributed by atoms with Crippen molar-refractivity contribution in [2.24, 2.45) is 5.92 Å². The van der Waals surface area contributed by atoms with Crippen LogP contribution in [0.4, 0.5) is 0 Å². The minimum atomic E-state index is -0.592. The van der Waals surface area contributed by atoms with E-state index in [-0.39, 0.29) is 11.8 Å². The number of carbonyl (C=O) groups excluding carboxylic acids is 2. The van der Waals surface area contributed by atoms with Crippen molar-refractivity contribution < 1.29 is 14.3 Å². The second-order valence-corrected chi connectivity index (χ2v) is 4.55. The third-order valence-electron chi connectivity index (χ3n) is 3.03. The van der Waals surface area contributed by atoms with E-state index in [1.807, 2.05) is 30.3 Å². The molecule has 0 heterocycles. The molecule has 1 atom stereocenters. The minimum Gasteiger partial charge on any atom is -0.467 e. The molecule has 0 spiro atoms. The van der Waals surface area contributed by atoms with Crippen LogP contribution in [0.2, 0.25) is 0 Å². The first-order valence-corrected chi connectivity index (χ1v) is 6.13. The molecule has 0 saturated heterocycles. The Bertz CT molecular complexity index is 426. The minimum absolute atomic E-state index is 0.0404. The van der Waals surface area contributed by atoms with Crippen LogP contribution in [0.1, 0.15) is 18.4 Å². The Morgan fingerprint density at radius 2 is 2.00 bits per heavy atom. The molecule has 2 rings (SSSR count). The van der Waals surface area contributed by atoms with Gasteiger partial charge in [-0.15, -0.1) is 0 Å². The van der Waals surface area contributed by atoms with E-state index in [0.29, 0.717) is 6.42 Å². The van der Waals surface area contributed by atoms with Crippen LogP contribution in [-0.2, 0) is 20.7 Å². The lowest BCUT2D eigenvalue weighted by Crippen LogP contribution is -2.43. The average Bonchev–Trinajstić information content (AvgIpc) is 3.22. The number of amides is 1. The zero-order valence-corrected chi connectivity index (χ0v) is 10.4. The number of methoxy groups -OCH3 is 1. The Labute approximate surface area is 106 Å². The van der Waals surface area contributed by atoms with Gasteiger partial charge in [-0.05, 0) is 18.4 Å². The molecular formula is C14H17NO3. The molecule has 1 amide bonds. The van der Waals surface area contributed by atoms with E-state index in [1.165, 1.54) is 7.11 Å². The lowest BCUT2D eigenvalue weighted by atomic mass is 10.1. The Hall–Kier alpha value is -1.84. The summed E-state index contributed by atoms with van der Waals surface area (Å²) in [5.74, 6) is -0.345. The lowest BCUT2D eigenvalue weighted by Gasteiger charge is -2.16. The molecule has 0 aliphatic heterocycles. The first-order chi connectivity index (χ1) is 8.70. The third kappa shape index (κ3) is 3.32. The molecule has 0 unspecified atom stereocenters. The first kappa shape index (κ1) is 12.6. The molecular weight excluding hydrogens is 230 g/mol. The number of benzene rings is 1. The van der Waals surface area contributed by atoms with Crippen molar-refractivity contribution in [3.05, 3.63) is 35.9 Å². The Morgan fingerprint density at radius 3 is 2.56 bits per heavy atom. The molecule has 1 N–H and O–H groups in total. The highest BCUT2D eigenvalue weighted by molar-refractivity contribution is 5.87. The smallest absolute Gasteiger partial charge is 0.328 e. The predicted octanol–water partition coefficient (Wildman–Crippen LogP) is 1.30. The summed E-state index contributed by atoms with van der Waals surface area (Å²) in [6.45, 7) is 0. The highest BCUT2D eigenvalue weighted by atomic mass is 16.5. The molecule has 0 bridgehead atoms. The van der Waals surface area contributed by atoms with Gasteiger partial charge in [0, 0.05) is 12.3 Å². The Kier molecular flexibility index (Phi) is 3.97. The molecule has 18 heavy (non-hydrogen) atoms. The molecule has 0 aromatic heterocycles. The largest absolute Gasteiger partial charge is 0.467 e. The SMILES string of the molecule is COC(=O)[C@H](Cc1ccccc1)NC(=O)C1CC1. The van der Waals surface area contributed by atoms with Crippen molar-refractivity contribution in [3.8, 4) is 0 Å². The van der Waals surface area contributed by atoms with Gasteiger partial charge in [0.1, 0.15) is 6.04 Å². The molecule has 0 radical (unpaired) electrons. The quantitative estimate of drug-likeness (QED) is 0.798. The summed E-state index contributed by atoms with van der Waals surface area (Å²) >= 11 is 0. The maximum atomic E-state index is 11.7. The Morgan fingerprint density at radius 1 is 1.33 bits per heavy atom. The average molecular weight is 247 g/mol.